The lowest BCUT2D eigenvalue weighted by atomic mass is 9.81. The maximum atomic E-state index is 11.2. The largest absolute Gasteiger partial charge is 0.481 e. The fourth-order valence-corrected chi connectivity index (χ4v) is 4.08. The summed E-state index contributed by atoms with van der Waals surface area (Å²) in [5, 5.41) is 24.7. The van der Waals surface area contributed by atoms with Crippen molar-refractivity contribution in [1.82, 2.24) is 10.6 Å². The topological polar surface area (TPSA) is 126 Å². The van der Waals surface area contributed by atoms with Gasteiger partial charge < -0.3 is 35.1 Å². The second kappa shape index (κ2) is 14.1. The van der Waals surface area contributed by atoms with E-state index in [-0.39, 0.29) is 25.7 Å². The molecule has 0 bridgehead atoms. The van der Waals surface area contributed by atoms with Crippen LogP contribution in [0.1, 0.15) is 31.7 Å². The average Bonchev–Trinajstić information content (AvgIpc) is 2.79. The highest BCUT2D eigenvalue weighted by atomic mass is 35.5. The number of aliphatic carboxylic acids is 2. The van der Waals surface area contributed by atoms with Crippen molar-refractivity contribution >= 4 is 23.5 Å². The van der Waals surface area contributed by atoms with E-state index in [0.29, 0.717) is 24.8 Å². The molecule has 9 nitrogen and oxygen atoms in total. The minimum absolute atomic E-state index is 0.148. The number of halogens is 1. The fourth-order valence-electron chi connectivity index (χ4n) is 3.83. The lowest BCUT2D eigenvalue weighted by Gasteiger charge is -2.34. The predicted octanol–water partition coefficient (Wildman–Crippen LogP) is 2.77. The molecule has 0 radical (unpaired) electrons. The van der Waals surface area contributed by atoms with E-state index >= 15 is 0 Å². The summed E-state index contributed by atoms with van der Waals surface area (Å²) >= 11 is 6.58. The summed E-state index contributed by atoms with van der Waals surface area (Å²) in [5.41, 5.74) is 4.76. The number of carboxylic acids is 2. The first-order valence-electron chi connectivity index (χ1n) is 11.0. The standard InChI is InChI=1S/C24H33ClN2O7/c1-4-33-13-18-21(14-34-10-9-26-20(24(30)31)11-22(28)29)27-15(2)17(12-32-3)23(18)16-7-5-6-8-19(16)25/h5-8,20,23,26-27H,4,9-14H2,1-3H3,(H,28,29)(H,30,31). The monoisotopic (exact) mass is 496 g/mol. The Morgan fingerprint density at radius 3 is 2.50 bits per heavy atom. The molecule has 2 atom stereocenters. The number of nitrogens with one attached hydrogen (secondary N) is 2. The number of benzene rings is 1. The third-order valence-corrected chi connectivity index (χ3v) is 5.79. The normalized spacial score (nSPS) is 17.0. The molecule has 1 aliphatic heterocycles. The number of ether oxygens (including phenoxy) is 3. The van der Waals surface area contributed by atoms with E-state index in [9.17, 15) is 9.59 Å². The zero-order valence-corrected chi connectivity index (χ0v) is 20.5. The van der Waals surface area contributed by atoms with E-state index < -0.39 is 24.4 Å². The van der Waals surface area contributed by atoms with Crippen molar-refractivity contribution in [2.45, 2.75) is 32.2 Å². The van der Waals surface area contributed by atoms with E-state index in [4.69, 9.17) is 36.0 Å². The first-order chi connectivity index (χ1) is 16.3. The maximum Gasteiger partial charge on any atom is 0.321 e. The fraction of sp³-hybridized carbons (Fsp3) is 0.500. The number of carboxylic acid groups (broad SMARTS) is 2. The summed E-state index contributed by atoms with van der Waals surface area (Å²) in [4.78, 5) is 22.0. The molecule has 0 saturated heterocycles. The Hall–Kier alpha value is -2.43. The highest BCUT2D eigenvalue weighted by Crippen LogP contribution is 2.41. The van der Waals surface area contributed by atoms with Crippen LogP contribution >= 0.6 is 11.6 Å². The van der Waals surface area contributed by atoms with Crippen molar-refractivity contribution in [3.05, 3.63) is 57.4 Å². The van der Waals surface area contributed by atoms with Crippen molar-refractivity contribution in [1.29, 1.82) is 0 Å². The van der Waals surface area contributed by atoms with E-state index in [2.05, 4.69) is 10.6 Å². The van der Waals surface area contributed by atoms with E-state index in [1.165, 1.54) is 0 Å². The molecule has 0 fully saturated rings. The Kier molecular flexibility index (Phi) is 11.5. The Balaban J connectivity index is 2.20. The molecule has 0 aliphatic carbocycles. The molecule has 0 aromatic heterocycles. The molecule has 0 amide bonds. The van der Waals surface area contributed by atoms with Gasteiger partial charge in [-0.25, -0.2) is 0 Å². The van der Waals surface area contributed by atoms with Gasteiger partial charge >= 0.3 is 11.9 Å². The van der Waals surface area contributed by atoms with Crippen LogP contribution in [0.15, 0.2) is 46.8 Å². The molecule has 1 aromatic rings. The minimum atomic E-state index is -1.22. The van der Waals surface area contributed by atoms with Crippen molar-refractivity contribution < 1.29 is 34.0 Å². The first-order valence-corrected chi connectivity index (χ1v) is 11.4. The molecule has 34 heavy (non-hydrogen) atoms. The SMILES string of the molecule is CCOCC1=C(COCCNC(CC(=O)O)C(=O)O)NC(C)=C(COC)C1c1ccccc1Cl. The Morgan fingerprint density at radius 1 is 1.15 bits per heavy atom. The molecule has 2 rings (SSSR count). The molecule has 1 aromatic carbocycles. The highest BCUT2D eigenvalue weighted by Gasteiger charge is 2.31. The van der Waals surface area contributed by atoms with Gasteiger partial charge in [0.1, 0.15) is 6.04 Å². The molecule has 10 heteroatoms. The lowest BCUT2D eigenvalue weighted by Crippen LogP contribution is -2.40. The van der Waals surface area contributed by atoms with Crippen LogP contribution in [0.25, 0.3) is 0 Å². The van der Waals surface area contributed by atoms with Crippen LogP contribution in [-0.2, 0) is 23.8 Å². The van der Waals surface area contributed by atoms with Crippen molar-refractivity contribution in [3.63, 3.8) is 0 Å². The van der Waals surface area contributed by atoms with Crippen LogP contribution in [0.4, 0.5) is 0 Å². The number of hydrogen-bond donors (Lipinski definition) is 4. The molecule has 2 unspecified atom stereocenters. The molecule has 1 heterocycles. The van der Waals surface area contributed by atoms with Gasteiger partial charge in [0.05, 0.1) is 32.8 Å². The van der Waals surface area contributed by atoms with Gasteiger partial charge in [0.25, 0.3) is 0 Å². The number of hydrogen-bond acceptors (Lipinski definition) is 7. The smallest absolute Gasteiger partial charge is 0.321 e. The summed E-state index contributed by atoms with van der Waals surface area (Å²) in [6.07, 6.45) is -0.508. The highest BCUT2D eigenvalue weighted by molar-refractivity contribution is 6.31. The molecule has 4 N–H and O–H groups in total. The van der Waals surface area contributed by atoms with E-state index in [1.807, 2.05) is 38.1 Å². The second-order valence-corrected chi connectivity index (χ2v) is 8.21. The van der Waals surface area contributed by atoms with Crippen molar-refractivity contribution in [3.8, 4) is 0 Å². The van der Waals surface area contributed by atoms with Crippen LogP contribution < -0.4 is 10.6 Å². The zero-order valence-electron chi connectivity index (χ0n) is 19.7. The molecule has 0 spiro atoms. The van der Waals surface area contributed by atoms with Gasteiger partial charge in [0.15, 0.2) is 0 Å². The molecule has 0 saturated carbocycles. The second-order valence-electron chi connectivity index (χ2n) is 7.80. The average molecular weight is 497 g/mol. The van der Waals surface area contributed by atoms with Gasteiger partial charge in [-0.1, -0.05) is 29.8 Å². The van der Waals surface area contributed by atoms with Gasteiger partial charge in [-0.2, -0.15) is 0 Å². The number of rotatable bonds is 15. The van der Waals surface area contributed by atoms with Gasteiger partial charge in [0, 0.05) is 42.6 Å². The molecular weight excluding hydrogens is 464 g/mol. The summed E-state index contributed by atoms with van der Waals surface area (Å²) < 4.78 is 17.1. The van der Waals surface area contributed by atoms with Gasteiger partial charge in [-0.15, -0.1) is 0 Å². The van der Waals surface area contributed by atoms with E-state index in [0.717, 1.165) is 28.1 Å². The van der Waals surface area contributed by atoms with Crippen molar-refractivity contribution in [2.75, 3.05) is 46.7 Å². The molecule has 188 valence electrons. The summed E-state index contributed by atoms with van der Waals surface area (Å²) in [5.74, 6) is -2.55. The van der Waals surface area contributed by atoms with Gasteiger partial charge in [-0.05, 0) is 36.6 Å². The van der Waals surface area contributed by atoms with Gasteiger partial charge in [0.2, 0.25) is 0 Å². The van der Waals surface area contributed by atoms with Crippen molar-refractivity contribution in [2.24, 2.45) is 0 Å². The first kappa shape index (κ1) is 27.8. The van der Waals surface area contributed by atoms with Crippen LogP contribution in [0.3, 0.4) is 0 Å². The number of allylic oxidation sites excluding steroid dienone is 1. The number of methoxy groups -OCH3 is 1. The Labute approximate surface area is 204 Å². The number of carbonyl (C=O) groups is 2. The van der Waals surface area contributed by atoms with E-state index in [1.54, 1.807) is 7.11 Å². The van der Waals surface area contributed by atoms with Crippen LogP contribution in [0.2, 0.25) is 5.02 Å². The lowest BCUT2D eigenvalue weighted by molar-refractivity contribution is -0.146. The predicted molar refractivity (Wildman–Crippen MR) is 128 cm³/mol. The quantitative estimate of drug-likeness (QED) is 0.271. The van der Waals surface area contributed by atoms with Crippen LogP contribution in [0.5, 0.6) is 0 Å². The number of dihydropyridines is 1. The third-order valence-electron chi connectivity index (χ3n) is 5.44. The van der Waals surface area contributed by atoms with Crippen LogP contribution in [0, 0.1) is 0 Å². The molecule has 1 aliphatic rings. The summed E-state index contributed by atoms with van der Waals surface area (Å²) in [6.45, 7) is 5.85. The Bertz CT molecular complexity index is 916. The zero-order chi connectivity index (χ0) is 25.1. The maximum absolute atomic E-state index is 11.2. The summed E-state index contributed by atoms with van der Waals surface area (Å²) in [7, 11) is 1.65. The van der Waals surface area contributed by atoms with Crippen LogP contribution in [-0.4, -0.2) is 74.9 Å². The minimum Gasteiger partial charge on any atom is -0.481 e. The third kappa shape index (κ3) is 7.82. The molecular formula is C24H33ClN2O7. The summed E-state index contributed by atoms with van der Waals surface area (Å²) in [6, 6.07) is 6.50. The Morgan fingerprint density at radius 2 is 1.88 bits per heavy atom. The van der Waals surface area contributed by atoms with Gasteiger partial charge in [-0.3, -0.25) is 9.59 Å².